The fourth-order valence-corrected chi connectivity index (χ4v) is 8.75. The first-order valence-corrected chi connectivity index (χ1v) is 21.1. The van der Waals surface area contributed by atoms with Crippen LogP contribution >= 0.6 is 11.3 Å². The minimum atomic E-state index is -1.47. The topological polar surface area (TPSA) is 78.6 Å². The summed E-state index contributed by atoms with van der Waals surface area (Å²) in [6.45, 7) is 26.1. The summed E-state index contributed by atoms with van der Waals surface area (Å²) in [5.74, 6) is 0. The predicted molar refractivity (Wildman–Crippen MR) is 197 cm³/mol. The first kappa shape index (κ1) is 35.4. The highest BCUT2D eigenvalue weighted by molar-refractivity contribution is 7.19. The number of fused-ring (bicyclic) bond motifs is 2. The standard InChI is InChI=1S/C37H54N4O4SSi/c1-35(2,3)44-33(42)40-28-16-15-25(17-20-47(10,11)37(7,8)9)21-26(28)22-29(40)31-32-30(41(38-31)34(43)45-36(4,5)6)23-27(46-32)24-39-18-13-12-14-19-39/h15-16,21-23H,12-14,17-20,24H2,1-11H3. The number of likely N-dealkylation sites (tertiary alicyclic amines) is 1. The first-order valence-electron chi connectivity index (χ1n) is 17.1. The van der Waals surface area contributed by atoms with Crippen LogP contribution in [0.1, 0.15) is 92.0 Å². The third kappa shape index (κ3) is 8.03. The second kappa shape index (κ2) is 12.8. The fraction of sp³-hybridized carbons (Fsp3) is 0.595. The molecular formula is C37H54N4O4SSi. The zero-order chi connectivity index (χ0) is 34.5. The Hall–Kier alpha value is -2.95. The van der Waals surface area contributed by atoms with Gasteiger partial charge in [-0.1, -0.05) is 52.4 Å². The number of rotatable bonds is 6. The van der Waals surface area contributed by atoms with Crippen LogP contribution in [0.3, 0.4) is 0 Å². The SMILES string of the molecule is CC(C)(C)OC(=O)n1nc(-c2cc3cc(CC[Si](C)(C)C(C)(C)C)ccc3n2C(=O)OC(C)(C)C)c2sc(CN3CCCCC3)cc21. The molecular weight excluding hydrogens is 625 g/mol. The molecule has 1 saturated heterocycles. The smallest absolute Gasteiger partial charge is 0.435 e. The Morgan fingerprint density at radius 3 is 2.11 bits per heavy atom. The van der Waals surface area contributed by atoms with Crippen molar-refractivity contribution in [2.45, 2.75) is 130 Å². The molecule has 0 spiro atoms. The van der Waals surface area contributed by atoms with E-state index in [9.17, 15) is 9.59 Å². The van der Waals surface area contributed by atoms with E-state index in [2.05, 4.69) is 57.0 Å². The summed E-state index contributed by atoms with van der Waals surface area (Å²) in [6.07, 6.45) is 3.66. The van der Waals surface area contributed by atoms with Crippen LogP contribution in [0.5, 0.6) is 0 Å². The van der Waals surface area contributed by atoms with Crippen LogP contribution < -0.4 is 0 Å². The third-order valence-corrected chi connectivity index (χ3v) is 16.2. The lowest BCUT2D eigenvalue weighted by Gasteiger charge is -2.37. The molecule has 5 rings (SSSR count). The highest BCUT2D eigenvalue weighted by atomic mass is 32.1. The van der Waals surface area contributed by atoms with Crippen LogP contribution in [0.15, 0.2) is 30.3 Å². The summed E-state index contributed by atoms with van der Waals surface area (Å²) in [7, 11) is -1.47. The molecule has 0 aliphatic carbocycles. The van der Waals surface area contributed by atoms with Crippen molar-refractivity contribution in [2.75, 3.05) is 13.1 Å². The lowest BCUT2D eigenvalue weighted by molar-refractivity contribution is 0.0520. The van der Waals surface area contributed by atoms with Gasteiger partial charge in [-0.25, -0.2) is 14.2 Å². The number of benzene rings is 1. The number of thiophene rings is 1. The Bertz CT molecular complexity index is 1770. The fourth-order valence-electron chi connectivity index (χ4n) is 5.92. The van der Waals surface area contributed by atoms with Gasteiger partial charge in [0.2, 0.25) is 0 Å². The van der Waals surface area contributed by atoms with E-state index in [1.54, 1.807) is 15.9 Å². The molecule has 10 heteroatoms. The number of ether oxygens (including phenoxy) is 2. The number of piperidine rings is 1. The average molecular weight is 679 g/mol. The Morgan fingerprint density at radius 2 is 1.49 bits per heavy atom. The molecule has 0 bridgehead atoms. The molecule has 0 radical (unpaired) electrons. The molecule has 1 aliphatic heterocycles. The van der Waals surface area contributed by atoms with Crippen molar-refractivity contribution in [1.29, 1.82) is 0 Å². The van der Waals surface area contributed by atoms with Crippen molar-refractivity contribution >= 4 is 52.7 Å². The number of carbonyl (C=O) groups excluding carboxylic acids is 2. The molecule has 0 unspecified atom stereocenters. The highest BCUT2D eigenvalue weighted by Crippen LogP contribution is 2.41. The third-order valence-electron chi connectivity index (χ3n) is 9.55. The van der Waals surface area contributed by atoms with Crippen molar-refractivity contribution in [3.8, 4) is 11.4 Å². The highest BCUT2D eigenvalue weighted by Gasteiger charge is 2.34. The van der Waals surface area contributed by atoms with Gasteiger partial charge in [0.1, 0.15) is 16.9 Å². The molecule has 256 valence electrons. The number of aryl methyl sites for hydroxylation is 1. The molecule has 4 heterocycles. The Balaban J connectivity index is 1.65. The van der Waals surface area contributed by atoms with Gasteiger partial charge in [0.05, 0.1) is 29.5 Å². The maximum absolute atomic E-state index is 13.9. The molecule has 8 nitrogen and oxygen atoms in total. The van der Waals surface area contributed by atoms with Crippen molar-refractivity contribution in [2.24, 2.45) is 0 Å². The lowest BCUT2D eigenvalue weighted by Crippen LogP contribution is -2.37. The molecule has 1 fully saturated rings. The van der Waals surface area contributed by atoms with Crippen molar-refractivity contribution in [3.05, 3.63) is 40.8 Å². The number of hydrogen-bond donors (Lipinski definition) is 0. The predicted octanol–water partition coefficient (Wildman–Crippen LogP) is 10.3. The van der Waals surface area contributed by atoms with E-state index in [1.165, 1.54) is 35.6 Å². The second-order valence-corrected chi connectivity index (χ2v) is 23.8. The number of aromatic nitrogens is 3. The van der Waals surface area contributed by atoms with E-state index >= 15 is 0 Å². The van der Waals surface area contributed by atoms with E-state index in [0.29, 0.717) is 21.9 Å². The van der Waals surface area contributed by atoms with Gasteiger partial charge in [0.25, 0.3) is 0 Å². The zero-order valence-electron chi connectivity index (χ0n) is 30.4. The molecule has 0 N–H and O–H groups in total. The summed E-state index contributed by atoms with van der Waals surface area (Å²) >= 11 is 1.63. The molecule has 0 amide bonds. The first-order chi connectivity index (χ1) is 21.7. The Morgan fingerprint density at radius 1 is 0.851 bits per heavy atom. The monoisotopic (exact) mass is 678 g/mol. The summed E-state index contributed by atoms with van der Waals surface area (Å²) in [6, 6.07) is 11.6. The molecule has 3 aromatic heterocycles. The summed E-state index contributed by atoms with van der Waals surface area (Å²) in [5.41, 5.74) is 2.51. The summed E-state index contributed by atoms with van der Waals surface area (Å²) < 4.78 is 15.6. The maximum Gasteiger partial charge on any atom is 0.435 e. The summed E-state index contributed by atoms with van der Waals surface area (Å²) in [4.78, 5) is 31.1. The van der Waals surface area contributed by atoms with Gasteiger partial charge in [-0.3, -0.25) is 4.90 Å². The molecule has 1 aromatic carbocycles. The molecule has 4 aromatic rings. The zero-order valence-corrected chi connectivity index (χ0v) is 32.2. The van der Waals surface area contributed by atoms with Crippen LogP contribution in [-0.2, 0) is 22.4 Å². The van der Waals surface area contributed by atoms with Crippen LogP contribution in [-0.4, -0.2) is 63.8 Å². The van der Waals surface area contributed by atoms with Crippen molar-refractivity contribution < 1.29 is 19.1 Å². The van der Waals surface area contributed by atoms with Gasteiger partial charge in [-0.05, 0) is 109 Å². The summed E-state index contributed by atoms with van der Waals surface area (Å²) in [5, 5.41) is 6.12. The van der Waals surface area contributed by atoms with Crippen molar-refractivity contribution in [1.82, 2.24) is 19.2 Å². The number of carbonyl (C=O) groups is 2. The normalized spacial score (nSPS) is 15.5. The van der Waals surface area contributed by atoms with Crippen LogP contribution in [0.2, 0.25) is 24.2 Å². The van der Waals surface area contributed by atoms with Gasteiger partial charge in [0, 0.05) is 16.8 Å². The molecule has 0 atom stereocenters. The van der Waals surface area contributed by atoms with Crippen molar-refractivity contribution in [3.63, 3.8) is 0 Å². The van der Waals surface area contributed by atoms with E-state index in [-0.39, 0.29) is 0 Å². The minimum absolute atomic E-state index is 0.316. The van der Waals surface area contributed by atoms with E-state index in [4.69, 9.17) is 14.6 Å². The van der Waals surface area contributed by atoms with Crippen LogP contribution in [0, 0.1) is 0 Å². The quantitative estimate of drug-likeness (QED) is 0.189. The van der Waals surface area contributed by atoms with Crippen LogP contribution in [0.25, 0.3) is 32.5 Å². The van der Waals surface area contributed by atoms with E-state index < -0.39 is 31.5 Å². The molecule has 1 aliphatic rings. The largest absolute Gasteiger partial charge is 0.443 e. The minimum Gasteiger partial charge on any atom is -0.443 e. The van der Waals surface area contributed by atoms with Gasteiger partial charge in [-0.15, -0.1) is 11.3 Å². The van der Waals surface area contributed by atoms with Gasteiger partial charge in [-0.2, -0.15) is 9.78 Å². The average Bonchev–Trinajstić information content (AvgIpc) is 3.61. The maximum atomic E-state index is 13.9. The van der Waals surface area contributed by atoms with Crippen LogP contribution in [0.4, 0.5) is 9.59 Å². The number of hydrogen-bond acceptors (Lipinski definition) is 7. The number of nitrogens with zero attached hydrogens (tertiary/aromatic N) is 4. The molecule has 0 saturated carbocycles. The van der Waals surface area contributed by atoms with Gasteiger partial charge in [0.15, 0.2) is 0 Å². The second-order valence-electron chi connectivity index (χ2n) is 16.9. The molecule has 47 heavy (non-hydrogen) atoms. The van der Waals surface area contributed by atoms with E-state index in [0.717, 1.165) is 46.5 Å². The van der Waals surface area contributed by atoms with Gasteiger partial charge < -0.3 is 9.47 Å². The Labute approximate surface area is 285 Å². The Kier molecular flexibility index (Phi) is 9.64. The lowest BCUT2D eigenvalue weighted by atomic mass is 10.1. The van der Waals surface area contributed by atoms with E-state index in [1.807, 2.05) is 53.7 Å². The van der Waals surface area contributed by atoms with Gasteiger partial charge >= 0.3 is 12.2 Å².